The highest BCUT2D eigenvalue weighted by atomic mass is 19.2. The highest BCUT2D eigenvalue weighted by molar-refractivity contribution is 5.94. The predicted molar refractivity (Wildman–Crippen MR) is 90.5 cm³/mol. The van der Waals surface area contributed by atoms with Crippen LogP contribution >= 0.6 is 0 Å². The summed E-state index contributed by atoms with van der Waals surface area (Å²) < 4.78 is 31.5. The maximum absolute atomic E-state index is 13.4. The van der Waals surface area contributed by atoms with E-state index in [-0.39, 0.29) is 19.5 Å². The monoisotopic (exact) mass is 363 g/mol. The lowest BCUT2D eigenvalue weighted by Gasteiger charge is -2.22. The van der Waals surface area contributed by atoms with Crippen LogP contribution in [0.25, 0.3) is 0 Å². The number of ether oxygens (including phenoxy) is 1. The van der Waals surface area contributed by atoms with E-state index in [0.717, 1.165) is 17.7 Å². The third-order valence-electron chi connectivity index (χ3n) is 3.73. The number of amides is 1. The van der Waals surface area contributed by atoms with Gasteiger partial charge in [-0.25, -0.2) is 8.78 Å². The van der Waals surface area contributed by atoms with E-state index >= 15 is 0 Å². The Balaban J connectivity index is 2.24. The van der Waals surface area contributed by atoms with Crippen LogP contribution in [0, 0.1) is 11.6 Å². The third-order valence-corrected chi connectivity index (χ3v) is 3.73. The number of carboxylic acid groups (broad SMARTS) is 1. The molecule has 0 fully saturated rings. The van der Waals surface area contributed by atoms with Crippen molar-refractivity contribution in [2.24, 2.45) is 0 Å². The van der Waals surface area contributed by atoms with E-state index in [2.05, 4.69) is 0 Å². The van der Waals surface area contributed by atoms with Gasteiger partial charge in [0.15, 0.2) is 11.6 Å². The fourth-order valence-corrected chi connectivity index (χ4v) is 2.48. The third kappa shape index (κ3) is 5.35. The summed E-state index contributed by atoms with van der Waals surface area (Å²) in [6.45, 7) is 0.249. The van der Waals surface area contributed by atoms with Crippen LogP contribution < -0.4 is 0 Å². The number of nitrogens with zero attached hydrogens (tertiary/aromatic N) is 1. The maximum Gasteiger partial charge on any atom is 0.305 e. The quantitative estimate of drug-likeness (QED) is 0.782. The van der Waals surface area contributed by atoms with Gasteiger partial charge < -0.3 is 14.7 Å². The van der Waals surface area contributed by atoms with Gasteiger partial charge in [0, 0.05) is 25.8 Å². The van der Waals surface area contributed by atoms with E-state index < -0.39 is 23.5 Å². The summed E-state index contributed by atoms with van der Waals surface area (Å²) in [5.41, 5.74) is 1.53. The molecule has 0 aliphatic heterocycles. The number of carbonyl (C=O) groups is 2. The summed E-state index contributed by atoms with van der Waals surface area (Å²) in [6, 6.07) is 10.1. The zero-order chi connectivity index (χ0) is 19.1. The Morgan fingerprint density at radius 3 is 2.50 bits per heavy atom. The van der Waals surface area contributed by atoms with Crippen molar-refractivity contribution in [3.8, 4) is 0 Å². The molecule has 2 rings (SSSR count). The average Bonchev–Trinajstić information content (AvgIpc) is 2.61. The Morgan fingerprint density at radius 1 is 1.08 bits per heavy atom. The van der Waals surface area contributed by atoms with Crippen molar-refractivity contribution in [2.45, 2.75) is 19.6 Å². The van der Waals surface area contributed by atoms with Crippen molar-refractivity contribution in [2.75, 3.05) is 13.7 Å². The molecule has 0 saturated carbocycles. The summed E-state index contributed by atoms with van der Waals surface area (Å²) in [5.74, 6) is -3.45. The van der Waals surface area contributed by atoms with Crippen LogP contribution in [0.4, 0.5) is 8.78 Å². The van der Waals surface area contributed by atoms with Crippen molar-refractivity contribution in [3.05, 3.63) is 70.8 Å². The molecule has 0 unspecified atom stereocenters. The van der Waals surface area contributed by atoms with Crippen LogP contribution in [0.3, 0.4) is 0 Å². The van der Waals surface area contributed by atoms with Gasteiger partial charge in [-0.2, -0.15) is 0 Å². The Bertz CT molecular complexity index is 795. The van der Waals surface area contributed by atoms with Crippen molar-refractivity contribution in [1.82, 2.24) is 4.90 Å². The summed E-state index contributed by atoms with van der Waals surface area (Å²) in [7, 11) is 1.54. The van der Waals surface area contributed by atoms with Gasteiger partial charge in [-0.3, -0.25) is 9.59 Å². The summed E-state index contributed by atoms with van der Waals surface area (Å²) >= 11 is 0. The lowest BCUT2D eigenvalue weighted by Crippen LogP contribution is -2.32. The molecule has 5 nitrogen and oxygen atoms in total. The molecule has 1 N–H and O–H groups in total. The van der Waals surface area contributed by atoms with Crippen LogP contribution in [0.15, 0.2) is 42.5 Å². The fraction of sp³-hybridized carbons (Fsp3) is 0.263. The van der Waals surface area contributed by atoms with E-state index in [0.29, 0.717) is 17.7 Å². The Kier molecular flexibility index (Phi) is 6.80. The molecular formula is C19H19F2NO4. The zero-order valence-electron chi connectivity index (χ0n) is 14.2. The predicted octanol–water partition coefficient (Wildman–Crippen LogP) is 3.23. The second kappa shape index (κ2) is 9.05. The first kappa shape index (κ1) is 19.5. The van der Waals surface area contributed by atoms with E-state index in [1.165, 1.54) is 18.1 Å². The smallest absolute Gasteiger partial charge is 0.305 e. The second-order valence-corrected chi connectivity index (χ2v) is 5.75. The largest absolute Gasteiger partial charge is 0.481 e. The number of carbonyl (C=O) groups excluding carboxylic acids is 1. The van der Waals surface area contributed by atoms with E-state index in [4.69, 9.17) is 9.84 Å². The molecule has 0 aliphatic rings. The van der Waals surface area contributed by atoms with Crippen molar-refractivity contribution < 1.29 is 28.2 Å². The minimum absolute atomic E-state index is 0.0299. The Morgan fingerprint density at radius 2 is 1.85 bits per heavy atom. The minimum Gasteiger partial charge on any atom is -0.481 e. The highest BCUT2D eigenvalue weighted by Crippen LogP contribution is 2.15. The number of hydrogen-bond donors (Lipinski definition) is 1. The number of rotatable bonds is 8. The second-order valence-electron chi connectivity index (χ2n) is 5.75. The van der Waals surface area contributed by atoms with Crippen LogP contribution in [0.1, 0.15) is 27.9 Å². The fourth-order valence-electron chi connectivity index (χ4n) is 2.48. The molecule has 0 saturated heterocycles. The molecule has 2 aromatic carbocycles. The SMILES string of the molecule is COCc1cccc(C(=O)N(CCC(=O)O)Cc2ccc(F)c(F)c2)c1. The molecule has 0 spiro atoms. The van der Waals surface area contributed by atoms with Crippen molar-refractivity contribution in [1.29, 1.82) is 0 Å². The Hall–Kier alpha value is -2.80. The topological polar surface area (TPSA) is 66.8 Å². The van der Waals surface area contributed by atoms with Gasteiger partial charge in [0.2, 0.25) is 0 Å². The van der Waals surface area contributed by atoms with Crippen LogP contribution in [0.2, 0.25) is 0 Å². The summed E-state index contributed by atoms with van der Waals surface area (Å²) in [4.78, 5) is 25.0. The first-order valence-electron chi connectivity index (χ1n) is 7.93. The molecular weight excluding hydrogens is 344 g/mol. The molecule has 1 amide bonds. The molecule has 0 bridgehead atoms. The first-order chi connectivity index (χ1) is 12.4. The molecule has 26 heavy (non-hydrogen) atoms. The average molecular weight is 363 g/mol. The number of benzene rings is 2. The summed E-state index contributed by atoms with van der Waals surface area (Å²) in [5, 5.41) is 8.91. The number of halogens is 2. The van der Waals surface area contributed by atoms with Crippen molar-refractivity contribution >= 4 is 11.9 Å². The van der Waals surface area contributed by atoms with Crippen molar-refractivity contribution in [3.63, 3.8) is 0 Å². The van der Waals surface area contributed by atoms with E-state index in [1.54, 1.807) is 24.3 Å². The molecule has 7 heteroatoms. The van der Waals surface area contributed by atoms with E-state index in [9.17, 15) is 18.4 Å². The molecule has 2 aromatic rings. The van der Waals surface area contributed by atoms with E-state index in [1.807, 2.05) is 0 Å². The molecule has 0 radical (unpaired) electrons. The lowest BCUT2D eigenvalue weighted by atomic mass is 10.1. The van der Waals surface area contributed by atoms with Gasteiger partial charge in [-0.15, -0.1) is 0 Å². The van der Waals surface area contributed by atoms with Crippen LogP contribution in [-0.2, 0) is 22.7 Å². The number of aliphatic carboxylic acids is 1. The van der Waals surface area contributed by atoms with Gasteiger partial charge in [0.1, 0.15) is 0 Å². The van der Waals surface area contributed by atoms with Crippen LogP contribution in [0.5, 0.6) is 0 Å². The van der Waals surface area contributed by atoms with Gasteiger partial charge in [-0.05, 0) is 35.4 Å². The first-order valence-corrected chi connectivity index (χ1v) is 7.93. The normalized spacial score (nSPS) is 10.6. The molecule has 138 valence electrons. The number of hydrogen-bond acceptors (Lipinski definition) is 3. The molecule has 0 aromatic heterocycles. The number of methoxy groups -OCH3 is 1. The molecule has 0 atom stereocenters. The Labute approximate surface area is 149 Å². The van der Waals surface area contributed by atoms with Gasteiger partial charge in [-0.1, -0.05) is 18.2 Å². The van der Waals surface area contributed by atoms with Gasteiger partial charge in [0.25, 0.3) is 5.91 Å². The highest BCUT2D eigenvalue weighted by Gasteiger charge is 2.18. The maximum atomic E-state index is 13.4. The zero-order valence-corrected chi connectivity index (χ0v) is 14.2. The lowest BCUT2D eigenvalue weighted by molar-refractivity contribution is -0.137. The number of carboxylic acids is 1. The molecule has 0 heterocycles. The summed E-state index contributed by atoms with van der Waals surface area (Å²) in [6.07, 6.45) is -0.257. The van der Waals surface area contributed by atoms with Gasteiger partial charge in [0.05, 0.1) is 13.0 Å². The minimum atomic E-state index is -1.05. The van der Waals surface area contributed by atoms with Crippen LogP contribution in [-0.4, -0.2) is 35.5 Å². The molecule has 0 aliphatic carbocycles. The standard InChI is InChI=1S/C19H19F2NO4/c1-26-12-14-3-2-4-15(9-14)19(25)22(8-7-18(23)24)11-13-5-6-16(20)17(21)10-13/h2-6,9-10H,7-8,11-12H2,1H3,(H,23,24). The van der Waals surface area contributed by atoms with Gasteiger partial charge >= 0.3 is 5.97 Å².